The molecule has 1 saturated carbocycles. The molecule has 1 amide bonds. The molecular weight excluding hydrogens is 376 g/mol. The average Bonchev–Trinajstić information content (AvgIpc) is 3.51. The van der Waals surface area contributed by atoms with E-state index in [0.29, 0.717) is 34.0 Å². The van der Waals surface area contributed by atoms with Crippen molar-refractivity contribution in [3.05, 3.63) is 78.0 Å². The van der Waals surface area contributed by atoms with Crippen LogP contribution in [-0.4, -0.2) is 31.5 Å². The van der Waals surface area contributed by atoms with Gasteiger partial charge in [-0.05, 0) is 43.2 Å². The van der Waals surface area contributed by atoms with Crippen molar-refractivity contribution >= 4 is 22.8 Å². The summed E-state index contributed by atoms with van der Waals surface area (Å²) >= 11 is 0. The second kappa shape index (κ2) is 7.33. The first-order valence-electron chi connectivity index (χ1n) is 9.64. The Morgan fingerprint density at radius 3 is 2.87 bits per heavy atom. The van der Waals surface area contributed by atoms with E-state index >= 15 is 0 Å². The summed E-state index contributed by atoms with van der Waals surface area (Å²) in [5, 5.41) is 3.69. The maximum Gasteiger partial charge on any atom is 0.251 e. The highest BCUT2D eigenvalue weighted by Crippen LogP contribution is 2.26. The van der Waals surface area contributed by atoms with E-state index in [1.807, 2.05) is 35.0 Å². The molecule has 1 aliphatic carbocycles. The fourth-order valence-electron chi connectivity index (χ4n) is 3.25. The highest BCUT2D eigenvalue weighted by molar-refractivity contribution is 5.95. The lowest BCUT2D eigenvalue weighted by atomic mass is 10.1. The summed E-state index contributed by atoms with van der Waals surface area (Å²) in [4.78, 5) is 25.0. The van der Waals surface area contributed by atoms with Crippen molar-refractivity contribution in [3.63, 3.8) is 0 Å². The van der Waals surface area contributed by atoms with Crippen LogP contribution in [0.3, 0.4) is 0 Å². The van der Waals surface area contributed by atoms with Gasteiger partial charge in [0.25, 0.3) is 5.91 Å². The average molecular weight is 394 g/mol. The number of nitrogens with zero attached hydrogens (tertiary/aromatic N) is 4. The SMILES string of the molecule is Nc1ncnc2c1c(C#Cc1cccc(C(=O)NC3CC3)c1)cn2-c1cccnc1. The molecule has 0 saturated heterocycles. The monoisotopic (exact) mass is 394 g/mol. The first-order chi connectivity index (χ1) is 14.7. The molecule has 0 unspecified atom stereocenters. The first-order valence-corrected chi connectivity index (χ1v) is 9.64. The van der Waals surface area contributed by atoms with Gasteiger partial charge in [-0.1, -0.05) is 17.9 Å². The van der Waals surface area contributed by atoms with Crippen LogP contribution in [-0.2, 0) is 0 Å². The molecule has 0 spiro atoms. The number of nitrogens with two attached hydrogens (primary N) is 1. The van der Waals surface area contributed by atoms with E-state index in [-0.39, 0.29) is 5.91 Å². The fourth-order valence-corrected chi connectivity index (χ4v) is 3.25. The van der Waals surface area contributed by atoms with E-state index in [4.69, 9.17) is 5.73 Å². The number of rotatable bonds is 3. The number of pyridine rings is 1. The predicted octanol–water partition coefficient (Wildman–Crippen LogP) is 2.69. The Bertz CT molecular complexity index is 1310. The van der Waals surface area contributed by atoms with Gasteiger partial charge in [-0.25, -0.2) is 9.97 Å². The molecule has 4 aromatic rings. The summed E-state index contributed by atoms with van der Waals surface area (Å²) in [5.41, 5.74) is 9.71. The maximum atomic E-state index is 12.3. The molecule has 1 fully saturated rings. The summed E-state index contributed by atoms with van der Waals surface area (Å²) in [7, 11) is 0. The number of carbonyl (C=O) groups is 1. The number of nitrogen functional groups attached to an aromatic ring is 1. The third kappa shape index (κ3) is 3.47. The largest absolute Gasteiger partial charge is 0.383 e. The maximum absolute atomic E-state index is 12.3. The van der Waals surface area contributed by atoms with E-state index in [0.717, 1.165) is 24.1 Å². The van der Waals surface area contributed by atoms with E-state index in [2.05, 4.69) is 32.1 Å². The molecule has 3 aromatic heterocycles. The summed E-state index contributed by atoms with van der Waals surface area (Å²) in [6, 6.07) is 11.4. The quantitative estimate of drug-likeness (QED) is 0.521. The molecule has 146 valence electrons. The van der Waals surface area contributed by atoms with Crippen LogP contribution in [0.2, 0.25) is 0 Å². The van der Waals surface area contributed by atoms with Crippen molar-refractivity contribution in [1.29, 1.82) is 0 Å². The zero-order chi connectivity index (χ0) is 20.5. The van der Waals surface area contributed by atoms with Crippen LogP contribution in [0.15, 0.2) is 61.3 Å². The predicted molar refractivity (Wildman–Crippen MR) is 114 cm³/mol. The van der Waals surface area contributed by atoms with Crippen molar-refractivity contribution in [2.45, 2.75) is 18.9 Å². The van der Waals surface area contributed by atoms with E-state index in [1.165, 1.54) is 6.33 Å². The van der Waals surface area contributed by atoms with E-state index < -0.39 is 0 Å². The second-order valence-corrected chi connectivity index (χ2v) is 7.16. The Morgan fingerprint density at radius 2 is 2.07 bits per heavy atom. The fraction of sp³-hybridized carbons (Fsp3) is 0.130. The van der Waals surface area contributed by atoms with Gasteiger partial charge >= 0.3 is 0 Å². The first kappa shape index (κ1) is 17.9. The van der Waals surface area contributed by atoms with Crippen LogP contribution in [0.4, 0.5) is 5.82 Å². The summed E-state index contributed by atoms with van der Waals surface area (Å²) < 4.78 is 1.89. The lowest BCUT2D eigenvalue weighted by Gasteiger charge is -2.03. The molecule has 3 heterocycles. The number of hydrogen-bond donors (Lipinski definition) is 2. The molecule has 0 atom stereocenters. The van der Waals surface area contributed by atoms with Crippen LogP contribution in [0.25, 0.3) is 16.7 Å². The van der Waals surface area contributed by atoms with Gasteiger partial charge in [0.05, 0.1) is 22.8 Å². The van der Waals surface area contributed by atoms with Crippen LogP contribution in [0.5, 0.6) is 0 Å². The molecule has 5 rings (SSSR count). The molecule has 3 N–H and O–H groups in total. The zero-order valence-corrected chi connectivity index (χ0v) is 16.0. The van der Waals surface area contributed by atoms with Gasteiger partial charge in [-0.15, -0.1) is 0 Å². The number of anilines is 1. The van der Waals surface area contributed by atoms with Crippen molar-refractivity contribution in [1.82, 2.24) is 24.8 Å². The van der Waals surface area contributed by atoms with Crippen LogP contribution >= 0.6 is 0 Å². The van der Waals surface area contributed by atoms with Crippen molar-refractivity contribution < 1.29 is 4.79 Å². The van der Waals surface area contributed by atoms with Gasteiger partial charge < -0.3 is 11.1 Å². The minimum absolute atomic E-state index is 0.0630. The van der Waals surface area contributed by atoms with Crippen molar-refractivity contribution in [3.8, 4) is 17.5 Å². The number of fused-ring (bicyclic) bond motifs is 1. The number of aromatic nitrogens is 4. The Morgan fingerprint density at radius 1 is 1.17 bits per heavy atom. The minimum atomic E-state index is -0.0630. The number of carbonyl (C=O) groups excluding carboxylic acids is 1. The number of amides is 1. The minimum Gasteiger partial charge on any atom is -0.383 e. The lowest BCUT2D eigenvalue weighted by Crippen LogP contribution is -2.25. The Balaban J connectivity index is 1.54. The Labute approximate surface area is 173 Å². The second-order valence-electron chi connectivity index (χ2n) is 7.16. The summed E-state index contributed by atoms with van der Waals surface area (Å²) in [5.74, 6) is 6.61. The molecule has 1 aromatic carbocycles. The summed E-state index contributed by atoms with van der Waals surface area (Å²) in [6.45, 7) is 0. The molecule has 0 radical (unpaired) electrons. The van der Waals surface area contributed by atoms with Gasteiger partial charge in [0.15, 0.2) is 5.65 Å². The van der Waals surface area contributed by atoms with Gasteiger partial charge in [0.2, 0.25) is 0 Å². The molecular formula is C23H18N6O. The highest BCUT2D eigenvalue weighted by Gasteiger charge is 2.23. The topological polar surface area (TPSA) is 98.7 Å². The molecule has 7 heteroatoms. The third-order valence-corrected chi connectivity index (χ3v) is 4.92. The van der Waals surface area contributed by atoms with Gasteiger partial charge in [0.1, 0.15) is 12.1 Å². The molecule has 0 bridgehead atoms. The molecule has 0 aliphatic heterocycles. The third-order valence-electron chi connectivity index (χ3n) is 4.92. The molecule has 7 nitrogen and oxygen atoms in total. The van der Waals surface area contributed by atoms with Crippen LogP contribution in [0.1, 0.15) is 34.3 Å². The summed E-state index contributed by atoms with van der Waals surface area (Å²) in [6.07, 6.45) is 8.88. The van der Waals surface area contributed by atoms with Crippen LogP contribution in [0, 0.1) is 11.8 Å². The lowest BCUT2D eigenvalue weighted by molar-refractivity contribution is 0.0951. The van der Waals surface area contributed by atoms with Gasteiger partial charge in [0, 0.05) is 29.6 Å². The number of hydrogen-bond acceptors (Lipinski definition) is 5. The molecule has 30 heavy (non-hydrogen) atoms. The smallest absolute Gasteiger partial charge is 0.251 e. The van der Waals surface area contributed by atoms with Gasteiger partial charge in [-0.3, -0.25) is 14.3 Å². The Kier molecular flexibility index (Phi) is 4.37. The van der Waals surface area contributed by atoms with Gasteiger partial charge in [-0.2, -0.15) is 0 Å². The highest BCUT2D eigenvalue weighted by atomic mass is 16.1. The van der Waals surface area contributed by atoms with Crippen molar-refractivity contribution in [2.75, 3.05) is 5.73 Å². The van der Waals surface area contributed by atoms with Crippen molar-refractivity contribution in [2.24, 2.45) is 0 Å². The number of nitrogens with one attached hydrogen (secondary N) is 1. The molecule has 1 aliphatic rings. The standard InChI is InChI=1S/C23H18N6O/c24-21-20-17(13-29(22(20)27-14-26-21)19-5-2-10-25-12-19)7-6-15-3-1-4-16(11-15)23(30)28-18-8-9-18/h1-5,10-14,18H,8-9H2,(H,28,30)(H2,24,26,27). The normalized spacial score (nSPS) is 12.9. The Hall–Kier alpha value is -4.18. The van der Waals surface area contributed by atoms with Crippen LogP contribution < -0.4 is 11.1 Å². The van der Waals surface area contributed by atoms with E-state index in [9.17, 15) is 4.79 Å². The van der Waals surface area contributed by atoms with E-state index in [1.54, 1.807) is 24.5 Å². The zero-order valence-electron chi connectivity index (χ0n) is 16.0. The number of benzene rings is 1.